The summed E-state index contributed by atoms with van der Waals surface area (Å²) in [6.07, 6.45) is -2.29. The number of carboxylic acid groups (broad SMARTS) is 3. The van der Waals surface area contributed by atoms with Crippen LogP contribution in [-0.4, -0.2) is 43.9 Å². The summed E-state index contributed by atoms with van der Waals surface area (Å²) in [5.41, 5.74) is -2.74. The van der Waals surface area contributed by atoms with Crippen LogP contribution in [0.5, 0.6) is 0 Å². The van der Waals surface area contributed by atoms with E-state index in [9.17, 15) is 14.4 Å². The van der Waals surface area contributed by atoms with Gasteiger partial charge in [0.05, 0.1) is 12.8 Å². The van der Waals surface area contributed by atoms with Gasteiger partial charge in [0, 0.05) is 0 Å². The largest absolute Gasteiger partial charge is 0.822 e. The van der Waals surface area contributed by atoms with E-state index in [0.29, 0.717) is 0 Å². The van der Waals surface area contributed by atoms with E-state index in [0.717, 1.165) is 0 Å². The second-order valence-electron chi connectivity index (χ2n) is 2.92. The zero-order valence-corrected chi connectivity index (χ0v) is 9.40. The molecule has 11 nitrogen and oxygen atoms in total. The minimum Gasteiger partial charge on any atom is -0.822 e. The summed E-state index contributed by atoms with van der Waals surface area (Å²) in [7, 11) is -5.39. The number of aliphatic carboxylic acids is 3. The third-order valence-electron chi connectivity index (χ3n) is 1.29. The fourth-order valence-electron chi connectivity index (χ4n) is 0.714. The molecular formula is C6H8O11P-3. The third kappa shape index (κ3) is 12.5. The maximum atomic E-state index is 10.3. The lowest BCUT2D eigenvalue weighted by molar-refractivity contribution is -0.432. The van der Waals surface area contributed by atoms with Gasteiger partial charge >= 0.3 is 17.9 Å². The molecule has 0 saturated heterocycles. The first-order valence-electron chi connectivity index (χ1n) is 3.90. The lowest BCUT2D eigenvalue weighted by Gasteiger charge is -2.36. The Bertz CT molecular complexity index is 343. The van der Waals surface area contributed by atoms with E-state index < -0.39 is 44.2 Å². The number of aliphatic hydroxyl groups is 1. The summed E-state index contributed by atoms with van der Waals surface area (Å²) >= 11 is 0. The molecule has 12 heteroatoms. The van der Waals surface area contributed by atoms with E-state index in [1.807, 2.05) is 0 Å². The Morgan fingerprint density at radius 3 is 1.28 bits per heavy atom. The summed E-state index contributed by atoms with van der Waals surface area (Å²) in [5, 5.41) is 33.8. The van der Waals surface area contributed by atoms with Gasteiger partial charge in [-0.2, -0.15) is 7.82 Å². The molecule has 0 aromatic heterocycles. The van der Waals surface area contributed by atoms with Crippen LogP contribution < -0.4 is 14.7 Å². The zero-order valence-electron chi connectivity index (χ0n) is 8.51. The van der Waals surface area contributed by atoms with Crippen LogP contribution in [0.15, 0.2) is 0 Å². The maximum absolute atomic E-state index is 10.3. The van der Waals surface area contributed by atoms with Gasteiger partial charge in [-0.05, 0) is 0 Å². The number of phosphoric acid groups is 1. The maximum Gasteiger partial charge on any atom is 0.336 e. The van der Waals surface area contributed by atoms with Crippen molar-refractivity contribution in [2.75, 3.05) is 0 Å². The Kier molecular flexibility index (Phi) is 7.36. The Morgan fingerprint density at radius 2 is 1.17 bits per heavy atom. The van der Waals surface area contributed by atoms with Crippen molar-refractivity contribution in [3.05, 3.63) is 0 Å². The molecule has 0 radical (unpaired) electrons. The van der Waals surface area contributed by atoms with Crippen molar-refractivity contribution in [1.82, 2.24) is 0 Å². The molecule has 0 spiro atoms. The SMILES string of the molecule is O=C(O)CC(O)(CC(=O)O)C(=O)O.O=P([O-])([O-])[O-]. The van der Waals surface area contributed by atoms with Gasteiger partial charge in [-0.25, -0.2) is 4.79 Å². The summed E-state index contributed by atoms with van der Waals surface area (Å²) < 4.78 is 8.55. The molecule has 0 unspecified atom stereocenters. The monoisotopic (exact) mass is 287 g/mol. The molecule has 0 bridgehead atoms. The Morgan fingerprint density at radius 1 is 0.944 bits per heavy atom. The predicted octanol–water partition coefficient (Wildman–Crippen LogP) is -4.07. The molecule has 0 atom stereocenters. The second-order valence-corrected chi connectivity index (χ2v) is 3.82. The second kappa shape index (κ2) is 7.03. The molecule has 0 rings (SSSR count). The Balaban J connectivity index is 0. The molecular weight excluding hydrogens is 279 g/mol. The quantitative estimate of drug-likeness (QED) is 0.356. The molecule has 0 aliphatic rings. The van der Waals surface area contributed by atoms with E-state index in [-0.39, 0.29) is 0 Å². The molecule has 106 valence electrons. The summed E-state index contributed by atoms with van der Waals surface area (Å²) in [5.74, 6) is -5.02. The third-order valence-corrected chi connectivity index (χ3v) is 1.29. The number of hydrogen-bond donors (Lipinski definition) is 4. The highest BCUT2D eigenvalue weighted by Gasteiger charge is 2.40. The van der Waals surface area contributed by atoms with Crippen molar-refractivity contribution in [1.29, 1.82) is 0 Å². The highest BCUT2D eigenvalue weighted by molar-refractivity contribution is 7.40. The number of rotatable bonds is 5. The van der Waals surface area contributed by atoms with Crippen LogP contribution in [0.2, 0.25) is 0 Å². The average Bonchev–Trinajstić information content (AvgIpc) is 1.95. The van der Waals surface area contributed by atoms with Crippen LogP contribution >= 0.6 is 7.82 Å². The van der Waals surface area contributed by atoms with Gasteiger partial charge in [0.25, 0.3) is 0 Å². The summed E-state index contributed by atoms with van der Waals surface area (Å²) in [6, 6.07) is 0. The minimum atomic E-state index is -5.39. The minimum absolute atomic E-state index is 1.14. The van der Waals surface area contributed by atoms with Gasteiger partial charge in [0.1, 0.15) is 0 Å². The summed E-state index contributed by atoms with van der Waals surface area (Å²) in [6.45, 7) is 0. The molecule has 0 heterocycles. The van der Waals surface area contributed by atoms with E-state index >= 15 is 0 Å². The molecule has 0 fully saturated rings. The van der Waals surface area contributed by atoms with Gasteiger partial charge < -0.3 is 39.7 Å². The van der Waals surface area contributed by atoms with Crippen molar-refractivity contribution in [3.63, 3.8) is 0 Å². The average molecular weight is 287 g/mol. The Labute approximate surface area is 99.2 Å². The van der Waals surface area contributed by atoms with Gasteiger partial charge in [-0.3, -0.25) is 9.59 Å². The van der Waals surface area contributed by atoms with Crippen molar-refractivity contribution in [2.24, 2.45) is 0 Å². The highest BCUT2D eigenvalue weighted by Crippen LogP contribution is 2.15. The van der Waals surface area contributed by atoms with Crippen LogP contribution in [0.4, 0.5) is 0 Å². The number of carbonyl (C=O) groups is 3. The molecule has 18 heavy (non-hydrogen) atoms. The zero-order chi connectivity index (χ0) is 15.1. The van der Waals surface area contributed by atoms with E-state index in [1.165, 1.54) is 0 Å². The standard InChI is InChI=1S/C6H8O7.H3O4P/c7-3(8)1-6(13,5(11)12)2-4(9)10;1-5(2,3)4/h13H,1-2H2,(H,7,8)(H,9,10)(H,11,12);(H3,1,2,3,4)/p-3. The fourth-order valence-corrected chi connectivity index (χ4v) is 0.714. The lowest BCUT2D eigenvalue weighted by Crippen LogP contribution is -2.42. The molecule has 4 N–H and O–H groups in total. The van der Waals surface area contributed by atoms with Crippen molar-refractivity contribution < 1.29 is 54.1 Å². The summed E-state index contributed by atoms with van der Waals surface area (Å²) in [4.78, 5) is 56.1. The Hall–Kier alpha value is -1.52. The van der Waals surface area contributed by atoms with Crippen LogP contribution in [0.3, 0.4) is 0 Å². The molecule has 0 aromatic rings. The first-order chi connectivity index (χ1) is 7.78. The topological polar surface area (TPSA) is 218 Å². The van der Waals surface area contributed by atoms with Gasteiger partial charge in [-0.1, -0.05) is 0 Å². The van der Waals surface area contributed by atoms with Crippen LogP contribution in [-0.2, 0) is 18.9 Å². The first-order valence-corrected chi connectivity index (χ1v) is 5.36. The fraction of sp³-hybridized carbons (Fsp3) is 0.500. The molecule has 0 aromatic carbocycles. The van der Waals surface area contributed by atoms with Gasteiger partial charge in [0.15, 0.2) is 5.60 Å². The van der Waals surface area contributed by atoms with Gasteiger partial charge in [0.2, 0.25) is 0 Å². The van der Waals surface area contributed by atoms with Crippen LogP contribution in [0.1, 0.15) is 12.8 Å². The number of carboxylic acids is 3. The van der Waals surface area contributed by atoms with Crippen molar-refractivity contribution >= 4 is 25.7 Å². The van der Waals surface area contributed by atoms with Crippen molar-refractivity contribution in [2.45, 2.75) is 18.4 Å². The molecule has 0 amide bonds. The number of hydrogen-bond acceptors (Lipinski definition) is 8. The van der Waals surface area contributed by atoms with Crippen LogP contribution in [0.25, 0.3) is 0 Å². The predicted molar refractivity (Wildman–Crippen MR) is 44.7 cm³/mol. The normalized spacial score (nSPS) is 11.1. The van der Waals surface area contributed by atoms with E-state index in [1.54, 1.807) is 0 Å². The molecule has 0 aliphatic heterocycles. The smallest absolute Gasteiger partial charge is 0.336 e. The van der Waals surface area contributed by atoms with Gasteiger partial charge in [-0.15, -0.1) is 0 Å². The van der Waals surface area contributed by atoms with E-state index in [2.05, 4.69) is 0 Å². The van der Waals surface area contributed by atoms with Crippen molar-refractivity contribution in [3.8, 4) is 0 Å². The van der Waals surface area contributed by atoms with E-state index in [4.69, 9.17) is 39.7 Å². The highest BCUT2D eigenvalue weighted by atomic mass is 31.2. The molecule has 0 aliphatic carbocycles. The lowest BCUT2D eigenvalue weighted by atomic mass is 9.96. The van der Waals surface area contributed by atoms with Crippen LogP contribution in [0, 0.1) is 0 Å². The molecule has 0 saturated carbocycles. The first kappa shape index (κ1) is 18.8.